The number of nitrogens with two attached hydrogens (primary N) is 1. The summed E-state index contributed by atoms with van der Waals surface area (Å²) in [4.78, 5) is 11.9. The molecule has 2 rings (SSSR count). The Morgan fingerprint density at radius 3 is 3.00 bits per heavy atom. The van der Waals surface area contributed by atoms with Gasteiger partial charge in [-0.3, -0.25) is 4.79 Å². The molecule has 0 radical (unpaired) electrons. The molecule has 1 saturated carbocycles. The summed E-state index contributed by atoms with van der Waals surface area (Å²) >= 11 is 0. The van der Waals surface area contributed by atoms with Crippen molar-refractivity contribution in [3.63, 3.8) is 0 Å². The molecule has 0 bridgehead atoms. The van der Waals surface area contributed by atoms with Gasteiger partial charge in [-0.2, -0.15) is 0 Å². The zero-order valence-electron chi connectivity index (χ0n) is 12.4. The summed E-state index contributed by atoms with van der Waals surface area (Å²) in [6.07, 6.45) is 5.80. The largest absolute Gasteiger partial charge is 0.397 e. The van der Waals surface area contributed by atoms with Gasteiger partial charge in [-0.1, -0.05) is 26.2 Å². The third-order valence-corrected chi connectivity index (χ3v) is 4.05. The van der Waals surface area contributed by atoms with Gasteiger partial charge >= 0.3 is 0 Å². The summed E-state index contributed by atoms with van der Waals surface area (Å²) in [5.74, 6) is 0.0287. The third-order valence-electron chi connectivity index (χ3n) is 4.05. The second kappa shape index (κ2) is 7.41. The molecule has 1 aliphatic rings. The Hall–Kier alpha value is -1.62. The molecule has 5 heteroatoms. The molecule has 0 aliphatic heterocycles. The number of anilines is 2. The highest BCUT2D eigenvalue weighted by Crippen LogP contribution is 2.28. The fourth-order valence-electron chi connectivity index (χ4n) is 2.79. The summed E-state index contributed by atoms with van der Waals surface area (Å²) in [7, 11) is 0. The Labute approximate surface area is 124 Å². The molecule has 1 aliphatic carbocycles. The van der Waals surface area contributed by atoms with E-state index in [1.54, 1.807) is 0 Å². The number of halogens is 1. The smallest absolute Gasteiger partial charge is 0.250 e. The van der Waals surface area contributed by atoms with Crippen molar-refractivity contribution in [1.29, 1.82) is 0 Å². The number of nitrogens with one attached hydrogen (secondary N) is 1. The molecule has 2 unspecified atom stereocenters. The van der Waals surface area contributed by atoms with Crippen molar-refractivity contribution in [2.75, 3.05) is 17.7 Å². The van der Waals surface area contributed by atoms with E-state index in [0.717, 1.165) is 25.7 Å². The molecule has 3 N–H and O–H groups in total. The number of amides is 1. The van der Waals surface area contributed by atoms with Crippen molar-refractivity contribution in [2.45, 2.75) is 45.1 Å². The van der Waals surface area contributed by atoms with E-state index in [9.17, 15) is 9.18 Å². The van der Waals surface area contributed by atoms with Gasteiger partial charge in [-0.05, 0) is 37.0 Å². The van der Waals surface area contributed by atoms with Gasteiger partial charge in [0.1, 0.15) is 12.4 Å². The van der Waals surface area contributed by atoms with Crippen LogP contribution in [0.3, 0.4) is 0 Å². The summed E-state index contributed by atoms with van der Waals surface area (Å²) in [6.45, 7) is 2.20. The van der Waals surface area contributed by atoms with E-state index in [0.29, 0.717) is 11.6 Å². The van der Waals surface area contributed by atoms with E-state index in [1.165, 1.54) is 24.6 Å². The number of rotatable bonds is 5. The van der Waals surface area contributed by atoms with Crippen LogP contribution in [0.5, 0.6) is 0 Å². The van der Waals surface area contributed by atoms with E-state index in [4.69, 9.17) is 10.5 Å². The molecule has 0 saturated heterocycles. The van der Waals surface area contributed by atoms with Gasteiger partial charge in [0, 0.05) is 0 Å². The highest BCUT2D eigenvalue weighted by molar-refractivity contribution is 5.94. The second-order valence-electron chi connectivity index (χ2n) is 5.65. The lowest BCUT2D eigenvalue weighted by Crippen LogP contribution is -2.27. The van der Waals surface area contributed by atoms with Crippen LogP contribution in [0.4, 0.5) is 15.8 Å². The first-order chi connectivity index (χ1) is 10.1. The average molecular weight is 294 g/mol. The quantitative estimate of drug-likeness (QED) is 0.819. The fourth-order valence-corrected chi connectivity index (χ4v) is 2.79. The Morgan fingerprint density at radius 2 is 2.29 bits per heavy atom. The number of carbonyl (C=O) groups is 1. The van der Waals surface area contributed by atoms with E-state index >= 15 is 0 Å². The van der Waals surface area contributed by atoms with Crippen molar-refractivity contribution in [3.8, 4) is 0 Å². The second-order valence-corrected chi connectivity index (χ2v) is 5.65. The van der Waals surface area contributed by atoms with Crippen LogP contribution < -0.4 is 11.1 Å². The summed E-state index contributed by atoms with van der Waals surface area (Å²) < 4.78 is 18.6. The predicted octanol–water partition coefficient (Wildman–Crippen LogP) is 3.33. The van der Waals surface area contributed by atoms with Crippen LogP contribution in [-0.4, -0.2) is 18.6 Å². The first kappa shape index (κ1) is 15.8. The molecule has 1 amide bonds. The summed E-state index contributed by atoms with van der Waals surface area (Å²) in [5, 5.41) is 2.65. The number of hydrogen-bond acceptors (Lipinski definition) is 3. The van der Waals surface area contributed by atoms with Crippen molar-refractivity contribution in [3.05, 3.63) is 24.0 Å². The van der Waals surface area contributed by atoms with Crippen LogP contribution in [0.1, 0.15) is 39.0 Å². The Kier molecular flexibility index (Phi) is 5.56. The van der Waals surface area contributed by atoms with E-state index in [1.807, 2.05) is 0 Å². The minimum atomic E-state index is -0.422. The standard InChI is InChI=1S/C16H23FN2O2/c1-2-11-4-3-5-13(8-11)21-10-16(20)19-15-7-6-12(17)9-14(15)18/h6-7,9,11,13H,2-5,8,10,18H2,1H3,(H,19,20). The number of ether oxygens (including phenoxy) is 1. The molecule has 4 nitrogen and oxygen atoms in total. The molecule has 2 atom stereocenters. The van der Waals surface area contributed by atoms with Crippen LogP contribution in [0, 0.1) is 11.7 Å². The van der Waals surface area contributed by atoms with Gasteiger partial charge in [0.15, 0.2) is 0 Å². The van der Waals surface area contributed by atoms with Crippen LogP contribution >= 0.6 is 0 Å². The first-order valence-corrected chi connectivity index (χ1v) is 7.55. The van der Waals surface area contributed by atoms with Gasteiger partial charge in [0.05, 0.1) is 17.5 Å². The summed E-state index contributed by atoms with van der Waals surface area (Å²) in [5.41, 5.74) is 6.28. The van der Waals surface area contributed by atoms with Crippen molar-refractivity contribution < 1.29 is 13.9 Å². The van der Waals surface area contributed by atoms with Crippen LogP contribution in [-0.2, 0) is 9.53 Å². The van der Waals surface area contributed by atoms with E-state index in [-0.39, 0.29) is 24.3 Å². The highest BCUT2D eigenvalue weighted by atomic mass is 19.1. The summed E-state index contributed by atoms with van der Waals surface area (Å²) in [6, 6.07) is 3.90. The molecular formula is C16H23FN2O2. The first-order valence-electron chi connectivity index (χ1n) is 7.55. The lowest BCUT2D eigenvalue weighted by Gasteiger charge is -2.28. The Bertz CT molecular complexity index is 493. The molecule has 1 aromatic carbocycles. The molecular weight excluding hydrogens is 271 g/mol. The topological polar surface area (TPSA) is 64.3 Å². The van der Waals surface area contributed by atoms with Gasteiger partial charge in [0.2, 0.25) is 5.91 Å². The van der Waals surface area contributed by atoms with Crippen molar-refractivity contribution in [1.82, 2.24) is 0 Å². The minimum absolute atomic E-state index is 0.0118. The average Bonchev–Trinajstić information content (AvgIpc) is 2.48. The maximum absolute atomic E-state index is 12.9. The number of carbonyl (C=O) groups excluding carboxylic acids is 1. The van der Waals surface area contributed by atoms with Gasteiger partial charge < -0.3 is 15.8 Å². The van der Waals surface area contributed by atoms with Crippen LogP contribution in [0.15, 0.2) is 18.2 Å². The number of nitrogen functional groups attached to an aromatic ring is 1. The molecule has 116 valence electrons. The van der Waals surface area contributed by atoms with E-state index < -0.39 is 5.82 Å². The number of hydrogen-bond donors (Lipinski definition) is 2. The molecule has 1 aromatic rings. The fraction of sp³-hybridized carbons (Fsp3) is 0.562. The van der Waals surface area contributed by atoms with Crippen molar-refractivity contribution >= 4 is 17.3 Å². The molecule has 0 spiro atoms. The molecule has 1 fully saturated rings. The third kappa shape index (κ3) is 4.70. The van der Waals surface area contributed by atoms with Crippen molar-refractivity contribution in [2.24, 2.45) is 5.92 Å². The Balaban J connectivity index is 1.79. The monoisotopic (exact) mass is 294 g/mol. The maximum atomic E-state index is 12.9. The van der Waals surface area contributed by atoms with Crippen LogP contribution in [0.2, 0.25) is 0 Å². The maximum Gasteiger partial charge on any atom is 0.250 e. The lowest BCUT2D eigenvalue weighted by molar-refractivity contribution is -0.123. The van der Waals surface area contributed by atoms with E-state index in [2.05, 4.69) is 12.2 Å². The Morgan fingerprint density at radius 1 is 1.48 bits per heavy atom. The SMILES string of the molecule is CCC1CCCC(OCC(=O)Nc2ccc(F)cc2N)C1. The molecule has 0 aromatic heterocycles. The van der Waals surface area contributed by atoms with Crippen LogP contribution in [0.25, 0.3) is 0 Å². The normalized spacial score (nSPS) is 22.0. The van der Waals surface area contributed by atoms with Gasteiger partial charge in [-0.15, -0.1) is 0 Å². The molecule has 21 heavy (non-hydrogen) atoms. The zero-order valence-corrected chi connectivity index (χ0v) is 12.4. The van der Waals surface area contributed by atoms with Gasteiger partial charge in [0.25, 0.3) is 0 Å². The zero-order chi connectivity index (χ0) is 15.2. The lowest BCUT2D eigenvalue weighted by atomic mass is 9.85. The minimum Gasteiger partial charge on any atom is -0.397 e. The van der Waals surface area contributed by atoms with Gasteiger partial charge in [-0.25, -0.2) is 4.39 Å². The highest BCUT2D eigenvalue weighted by Gasteiger charge is 2.22. The molecule has 0 heterocycles. The number of benzene rings is 1. The predicted molar refractivity (Wildman–Crippen MR) is 81.4 cm³/mol.